The quantitative estimate of drug-likeness (QED) is 0.840. The van der Waals surface area contributed by atoms with Gasteiger partial charge >= 0.3 is 0 Å². The van der Waals surface area contributed by atoms with Crippen molar-refractivity contribution in [3.05, 3.63) is 0 Å². The van der Waals surface area contributed by atoms with E-state index in [-0.39, 0.29) is 0 Å². The summed E-state index contributed by atoms with van der Waals surface area (Å²) in [6.45, 7) is 11.8. The molecule has 0 spiro atoms. The first-order valence-corrected chi connectivity index (χ1v) is 8.60. The Balaban J connectivity index is 1.40. The molecule has 1 N–H and O–H groups in total. The van der Waals surface area contributed by atoms with Gasteiger partial charge in [-0.05, 0) is 64.7 Å². The summed E-state index contributed by atoms with van der Waals surface area (Å²) in [5.74, 6) is 0.941. The summed E-state index contributed by atoms with van der Waals surface area (Å²) < 4.78 is 5.66. The van der Waals surface area contributed by atoms with Gasteiger partial charge in [0, 0.05) is 25.7 Å². The smallest absolute Gasteiger partial charge is 0.0674 e. The standard InChI is InChI=1S/C16H31N3O/c1-14-12-19(10-11-20-14)16-4-8-18(9-5-16)13-15-2-6-17-7-3-15/h14-17H,2-13H2,1H3. The van der Waals surface area contributed by atoms with Gasteiger partial charge in [0.1, 0.15) is 0 Å². The van der Waals surface area contributed by atoms with Crippen molar-refractivity contribution in [3.8, 4) is 0 Å². The lowest BCUT2D eigenvalue weighted by molar-refractivity contribution is -0.0440. The van der Waals surface area contributed by atoms with Crippen LogP contribution in [0, 0.1) is 5.92 Å². The Morgan fingerprint density at radius 2 is 1.80 bits per heavy atom. The van der Waals surface area contributed by atoms with Crippen molar-refractivity contribution in [2.24, 2.45) is 5.92 Å². The molecule has 3 aliphatic heterocycles. The average Bonchev–Trinajstić information content (AvgIpc) is 2.49. The van der Waals surface area contributed by atoms with Crippen molar-refractivity contribution in [2.45, 2.75) is 44.8 Å². The highest BCUT2D eigenvalue weighted by atomic mass is 16.5. The third-order valence-corrected chi connectivity index (χ3v) is 5.32. The molecule has 20 heavy (non-hydrogen) atoms. The molecule has 1 unspecified atom stereocenters. The molecule has 0 aliphatic carbocycles. The van der Waals surface area contributed by atoms with E-state index in [9.17, 15) is 0 Å². The summed E-state index contributed by atoms with van der Waals surface area (Å²) >= 11 is 0. The minimum atomic E-state index is 0.427. The number of ether oxygens (including phenoxy) is 1. The molecule has 0 aromatic carbocycles. The monoisotopic (exact) mass is 281 g/mol. The highest BCUT2D eigenvalue weighted by Gasteiger charge is 2.28. The number of hydrogen-bond donors (Lipinski definition) is 1. The molecular weight excluding hydrogens is 250 g/mol. The maximum absolute atomic E-state index is 5.66. The molecule has 116 valence electrons. The molecule has 0 aromatic heterocycles. The summed E-state index contributed by atoms with van der Waals surface area (Å²) in [7, 11) is 0. The van der Waals surface area contributed by atoms with E-state index in [0.29, 0.717) is 6.10 Å². The zero-order valence-electron chi connectivity index (χ0n) is 13.0. The second kappa shape index (κ2) is 7.21. The maximum atomic E-state index is 5.66. The summed E-state index contributed by atoms with van der Waals surface area (Å²) in [6, 6.07) is 0.811. The van der Waals surface area contributed by atoms with Crippen molar-refractivity contribution in [3.63, 3.8) is 0 Å². The van der Waals surface area contributed by atoms with Crippen LogP contribution in [0.15, 0.2) is 0 Å². The van der Waals surface area contributed by atoms with Crippen LogP contribution < -0.4 is 5.32 Å². The van der Waals surface area contributed by atoms with Crippen LogP contribution >= 0.6 is 0 Å². The third-order valence-electron chi connectivity index (χ3n) is 5.32. The first-order chi connectivity index (χ1) is 9.81. The molecule has 0 amide bonds. The number of piperidine rings is 2. The predicted octanol–water partition coefficient (Wildman–Crippen LogP) is 1.17. The second-order valence-electron chi connectivity index (χ2n) is 6.90. The molecule has 4 heteroatoms. The normalized spacial score (nSPS) is 32.5. The summed E-state index contributed by atoms with van der Waals surface area (Å²) in [6.07, 6.45) is 5.90. The van der Waals surface area contributed by atoms with Crippen LogP contribution in [0.3, 0.4) is 0 Å². The van der Waals surface area contributed by atoms with E-state index in [1.807, 2.05) is 0 Å². The van der Waals surface area contributed by atoms with Gasteiger partial charge in [0.2, 0.25) is 0 Å². The van der Waals surface area contributed by atoms with E-state index < -0.39 is 0 Å². The van der Waals surface area contributed by atoms with Crippen molar-refractivity contribution in [1.82, 2.24) is 15.1 Å². The molecule has 3 heterocycles. The summed E-state index contributed by atoms with van der Waals surface area (Å²) in [4.78, 5) is 5.40. The highest BCUT2D eigenvalue weighted by Crippen LogP contribution is 2.21. The van der Waals surface area contributed by atoms with Crippen LogP contribution in [-0.2, 0) is 4.74 Å². The van der Waals surface area contributed by atoms with Crippen LogP contribution in [0.25, 0.3) is 0 Å². The Morgan fingerprint density at radius 3 is 2.50 bits per heavy atom. The number of likely N-dealkylation sites (tertiary alicyclic amines) is 1. The van der Waals surface area contributed by atoms with Gasteiger partial charge in [-0.25, -0.2) is 0 Å². The molecule has 3 rings (SSSR count). The molecule has 0 saturated carbocycles. The zero-order chi connectivity index (χ0) is 13.8. The van der Waals surface area contributed by atoms with Crippen molar-refractivity contribution < 1.29 is 4.74 Å². The molecule has 3 saturated heterocycles. The topological polar surface area (TPSA) is 27.7 Å². The Morgan fingerprint density at radius 1 is 1.05 bits per heavy atom. The Hall–Kier alpha value is -0.160. The lowest BCUT2D eigenvalue weighted by Gasteiger charge is -2.42. The SMILES string of the molecule is CC1CN(C2CCN(CC3CCNCC3)CC2)CCO1. The first-order valence-electron chi connectivity index (χ1n) is 8.60. The van der Waals surface area contributed by atoms with E-state index in [2.05, 4.69) is 22.0 Å². The van der Waals surface area contributed by atoms with Crippen LogP contribution in [0.1, 0.15) is 32.6 Å². The Kier molecular flexibility index (Phi) is 5.32. The predicted molar refractivity (Wildman–Crippen MR) is 82.0 cm³/mol. The van der Waals surface area contributed by atoms with Crippen LogP contribution in [0.2, 0.25) is 0 Å². The second-order valence-corrected chi connectivity index (χ2v) is 6.90. The van der Waals surface area contributed by atoms with E-state index in [0.717, 1.165) is 31.7 Å². The van der Waals surface area contributed by atoms with Gasteiger partial charge in [-0.3, -0.25) is 4.90 Å². The molecule has 3 aliphatic rings. The van der Waals surface area contributed by atoms with Gasteiger partial charge in [-0.2, -0.15) is 0 Å². The van der Waals surface area contributed by atoms with Gasteiger partial charge in [0.05, 0.1) is 12.7 Å². The lowest BCUT2D eigenvalue weighted by Crippen LogP contribution is -2.51. The number of hydrogen-bond acceptors (Lipinski definition) is 4. The van der Waals surface area contributed by atoms with Crippen molar-refractivity contribution in [2.75, 3.05) is 52.4 Å². The fourth-order valence-electron chi connectivity index (χ4n) is 4.07. The molecule has 0 aromatic rings. The zero-order valence-corrected chi connectivity index (χ0v) is 13.0. The number of nitrogens with one attached hydrogen (secondary N) is 1. The van der Waals surface area contributed by atoms with Crippen molar-refractivity contribution in [1.29, 1.82) is 0 Å². The maximum Gasteiger partial charge on any atom is 0.0674 e. The largest absolute Gasteiger partial charge is 0.376 e. The first kappa shape index (κ1) is 14.8. The number of morpholine rings is 1. The minimum Gasteiger partial charge on any atom is -0.376 e. The minimum absolute atomic E-state index is 0.427. The van der Waals surface area contributed by atoms with Gasteiger partial charge < -0.3 is 15.0 Å². The molecule has 3 fully saturated rings. The number of nitrogens with zero attached hydrogens (tertiary/aromatic N) is 2. The Labute approximate surface area is 123 Å². The van der Waals surface area contributed by atoms with Gasteiger partial charge in [-0.15, -0.1) is 0 Å². The molecule has 4 nitrogen and oxygen atoms in total. The van der Waals surface area contributed by atoms with Crippen LogP contribution in [0.4, 0.5) is 0 Å². The van der Waals surface area contributed by atoms with Crippen molar-refractivity contribution >= 4 is 0 Å². The van der Waals surface area contributed by atoms with E-state index in [1.165, 1.54) is 58.4 Å². The fraction of sp³-hybridized carbons (Fsp3) is 1.00. The van der Waals surface area contributed by atoms with Crippen LogP contribution in [-0.4, -0.2) is 74.4 Å². The fourth-order valence-corrected chi connectivity index (χ4v) is 4.07. The highest BCUT2D eigenvalue weighted by molar-refractivity contribution is 4.84. The molecule has 0 radical (unpaired) electrons. The van der Waals surface area contributed by atoms with Gasteiger partial charge in [-0.1, -0.05) is 0 Å². The van der Waals surface area contributed by atoms with Gasteiger partial charge in [0.15, 0.2) is 0 Å². The van der Waals surface area contributed by atoms with E-state index in [4.69, 9.17) is 4.74 Å². The van der Waals surface area contributed by atoms with E-state index in [1.54, 1.807) is 0 Å². The molecular formula is C16H31N3O. The third kappa shape index (κ3) is 3.94. The molecule has 0 bridgehead atoms. The average molecular weight is 281 g/mol. The van der Waals surface area contributed by atoms with E-state index >= 15 is 0 Å². The summed E-state index contributed by atoms with van der Waals surface area (Å²) in [5.41, 5.74) is 0. The van der Waals surface area contributed by atoms with Gasteiger partial charge in [0.25, 0.3) is 0 Å². The summed E-state index contributed by atoms with van der Waals surface area (Å²) in [5, 5.41) is 3.47. The number of rotatable bonds is 3. The van der Waals surface area contributed by atoms with Crippen LogP contribution in [0.5, 0.6) is 0 Å². The molecule has 1 atom stereocenters. The lowest BCUT2D eigenvalue weighted by atomic mass is 9.95. The Bertz CT molecular complexity index is 285.